The number of fused-ring (bicyclic) bond motifs is 2. The van der Waals surface area contributed by atoms with E-state index in [4.69, 9.17) is 4.74 Å². The van der Waals surface area contributed by atoms with Gasteiger partial charge < -0.3 is 15.0 Å². The minimum Gasteiger partial charge on any atom is -0.372 e. The lowest BCUT2D eigenvalue weighted by Gasteiger charge is -2.21. The number of nitrogens with one attached hydrogen (secondary N) is 1. The summed E-state index contributed by atoms with van der Waals surface area (Å²) >= 11 is 0. The highest BCUT2D eigenvalue weighted by atomic mass is 16.5. The predicted octanol–water partition coefficient (Wildman–Crippen LogP) is 1.99. The highest BCUT2D eigenvalue weighted by Crippen LogP contribution is 2.45. The molecule has 6 nitrogen and oxygen atoms in total. The molecule has 1 saturated carbocycles. The topological polar surface area (TPSA) is 71.5 Å². The summed E-state index contributed by atoms with van der Waals surface area (Å²) in [5.74, 6) is 0.431. The van der Waals surface area contributed by atoms with E-state index in [-0.39, 0.29) is 23.9 Å². The molecule has 144 valence electrons. The first kappa shape index (κ1) is 17.4. The van der Waals surface area contributed by atoms with Crippen LogP contribution in [-0.4, -0.2) is 40.3 Å². The summed E-state index contributed by atoms with van der Waals surface area (Å²) in [6, 6.07) is 7.86. The van der Waals surface area contributed by atoms with Crippen LogP contribution in [0, 0.1) is 12.8 Å². The molecule has 1 aromatic heterocycles. The molecule has 0 radical (unpaired) electrons. The molecule has 2 aromatic rings. The van der Waals surface area contributed by atoms with Crippen molar-refractivity contribution in [2.24, 2.45) is 5.92 Å². The molecule has 2 fully saturated rings. The van der Waals surface area contributed by atoms with Crippen LogP contribution in [0.15, 0.2) is 36.7 Å². The molecule has 0 unspecified atom stereocenters. The predicted molar refractivity (Wildman–Crippen MR) is 102 cm³/mol. The Morgan fingerprint density at radius 1 is 1.25 bits per heavy atom. The largest absolute Gasteiger partial charge is 0.372 e. The van der Waals surface area contributed by atoms with Gasteiger partial charge in [0, 0.05) is 30.4 Å². The second-order valence-corrected chi connectivity index (χ2v) is 7.98. The van der Waals surface area contributed by atoms with Crippen LogP contribution in [0.2, 0.25) is 0 Å². The first-order chi connectivity index (χ1) is 13.6. The number of pyridine rings is 1. The lowest BCUT2D eigenvalue weighted by molar-refractivity contribution is -0.130. The Bertz CT molecular complexity index is 958. The summed E-state index contributed by atoms with van der Waals surface area (Å²) in [6.07, 6.45) is 4.83. The van der Waals surface area contributed by atoms with Crippen LogP contribution in [0.5, 0.6) is 0 Å². The Labute approximate surface area is 163 Å². The van der Waals surface area contributed by atoms with E-state index in [2.05, 4.69) is 10.3 Å². The lowest BCUT2D eigenvalue weighted by Crippen LogP contribution is -2.39. The third-order valence-corrected chi connectivity index (χ3v) is 6.28. The molecule has 1 N–H and O–H groups in total. The minimum atomic E-state index is -0.0652. The fraction of sp³-hybridized carbons (Fsp3) is 0.409. The number of aromatic nitrogens is 1. The summed E-state index contributed by atoms with van der Waals surface area (Å²) < 4.78 is 5.42. The number of piperidine rings is 1. The van der Waals surface area contributed by atoms with Gasteiger partial charge >= 0.3 is 0 Å². The average molecular weight is 377 g/mol. The molecule has 3 aliphatic rings. The molecule has 1 saturated heterocycles. The number of likely N-dealkylation sites (tertiary alicyclic amines) is 1. The molecule has 2 amide bonds. The van der Waals surface area contributed by atoms with Gasteiger partial charge in [-0.1, -0.05) is 6.07 Å². The first-order valence-corrected chi connectivity index (χ1v) is 9.81. The van der Waals surface area contributed by atoms with Crippen LogP contribution < -0.4 is 5.32 Å². The van der Waals surface area contributed by atoms with E-state index in [1.165, 1.54) is 0 Å². The standard InChI is InChI=1S/C22H23N3O3/c1-13-4-6-23-10-16(13)9-19(26)25-7-5-18-20(21(18)25)24-22(27)14-2-3-15-11-28-12-17(15)8-14/h2-4,6,8,10,18,20-21H,5,7,9,11-12H2,1H3,(H,24,27)/t18-,20-,21-/m1/s1. The zero-order valence-electron chi connectivity index (χ0n) is 15.9. The lowest BCUT2D eigenvalue weighted by atomic mass is 10.1. The van der Waals surface area contributed by atoms with E-state index in [0.717, 1.165) is 35.2 Å². The zero-order chi connectivity index (χ0) is 19.3. The van der Waals surface area contributed by atoms with Gasteiger partial charge in [-0.25, -0.2) is 0 Å². The number of hydrogen-bond acceptors (Lipinski definition) is 4. The molecule has 5 rings (SSSR count). The van der Waals surface area contributed by atoms with Crippen LogP contribution in [0.4, 0.5) is 0 Å². The average Bonchev–Trinajstić information content (AvgIpc) is 3.05. The van der Waals surface area contributed by atoms with E-state index >= 15 is 0 Å². The van der Waals surface area contributed by atoms with Crippen LogP contribution in [0.25, 0.3) is 0 Å². The number of hydrogen-bond donors (Lipinski definition) is 1. The van der Waals surface area contributed by atoms with Crippen molar-refractivity contribution < 1.29 is 14.3 Å². The number of carbonyl (C=O) groups is 2. The SMILES string of the molecule is Cc1ccncc1CC(=O)N1CC[C@@H]2[C@@H](NC(=O)c3ccc4c(c3)COC4)[C@@H]21. The van der Waals surface area contributed by atoms with E-state index in [1.54, 1.807) is 12.4 Å². The van der Waals surface area contributed by atoms with Gasteiger partial charge in [0.2, 0.25) is 5.91 Å². The molecular formula is C22H23N3O3. The number of rotatable bonds is 4. The molecule has 1 aromatic carbocycles. The monoisotopic (exact) mass is 377 g/mol. The third-order valence-electron chi connectivity index (χ3n) is 6.28. The maximum Gasteiger partial charge on any atom is 0.251 e. The Morgan fingerprint density at radius 2 is 2.11 bits per heavy atom. The van der Waals surface area contributed by atoms with E-state index in [9.17, 15) is 9.59 Å². The molecule has 2 aliphatic heterocycles. The van der Waals surface area contributed by atoms with Crippen molar-refractivity contribution in [3.63, 3.8) is 0 Å². The van der Waals surface area contributed by atoms with Crippen molar-refractivity contribution >= 4 is 11.8 Å². The van der Waals surface area contributed by atoms with Crippen LogP contribution >= 0.6 is 0 Å². The number of carbonyl (C=O) groups excluding carboxylic acids is 2. The molecule has 0 spiro atoms. The number of aryl methyl sites for hydroxylation is 1. The van der Waals surface area contributed by atoms with Crippen LogP contribution in [-0.2, 0) is 29.2 Å². The fourth-order valence-corrected chi connectivity index (χ4v) is 4.55. The number of benzene rings is 1. The maximum atomic E-state index is 12.8. The summed E-state index contributed by atoms with van der Waals surface area (Å²) in [5.41, 5.74) is 4.96. The minimum absolute atomic E-state index is 0.0599. The number of amides is 2. The van der Waals surface area contributed by atoms with Crippen molar-refractivity contribution in [1.82, 2.24) is 15.2 Å². The van der Waals surface area contributed by atoms with E-state index in [0.29, 0.717) is 31.1 Å². The van der Waals surface area contributed by atoms with Crippen molar-refractivity contribution in [3.05, 3.63) is 64.5 Å². The quantitative estimate of drug-likeness (QED) is 0.885. The second kappa shape index (κ2) is 6.71. The normalized spacial score (nSPS) is 24.6. The first-order valence-electron chi connectivity index (χ1n) is 9.81. The molecular weight excluding hydrogens is 354 g/mol. The summed E-state index contributed by atoms with van der Waals surface area (Å²) in [4.78, 5) is 31.6. The van der Waals surface area contributed by atoms with Crippen molar-refractivity contribution in [2.75, 3.05) is 6.54 Å². The van der Waals surface area contributed by atoms with Gasteiger partial charge in [-0.2, -0.15) is 0 Å². The molecule has 0 bridgehead atoms. The zero-order valence-corrected chi connectivity index (χ0v) is 15.9. The van der Waals surface area contributed by atoms with Crippen molar-refractivity contribution in [3.8, 4) is 0 Å². The maximum absolute atomic E-state index is 12.8. The van der Waals surface area contributed by atoms with Gasteiger partial charge in [-0.05, 0) is 53.8 Å². The van der Waals surface area contributed by atoms with Crippen molar-refractivity contribution in [2.45, 2.75) is 45.1 Å². The number of nitrogens with zero attached hydrogens (tertiary/aromatic N) is 2. The van der Waals surface area contributed by atoms with Gasteiger partial charge in [0.15, 0.2) is 0 Å². The molecule has 28 heavy (non-hydrogen) atoms. The van der Waals surface area contributed by atoms with E-state index in [1.807, 2.05) is 36.1 Å². The summed E-state index contributed by atoms with van der Waals surface area (Å²) in [6.45, 7) is 3.97. The van der Waals surface area contributed by atoms with Gasteiger partial charge in [-0.15, -0.1) is 0 Å². The number of ether oxygens (including phenoxy) is 1. The fourth-order valence-electron chi connectivity index (χ4n) is 4.55. The van der Waals surface area contributed by atoms with Gasteiger partial charge in [0.1, 0.15) is 0 Å². The Balaban J connectivity index is 1.23. The van der Waals surface area contributed by atoms with Crippen LogP contribution in [0.1, 0.15) is 39.0 Å². The molecule has 3 atom stereocenters. The Hall–Kier alpha value is -2.73. The highest BCUT2D eigenvalue weighted by molar-refractivity contribution is 5.95. The van der Waals surface area contributed by atoms with Crippen LogP contribution in [0.3, 0.4) is 0 Å². The molecule has 3 heterocycles. The Kier molecular flexibility index (Phi) is 4.16. The van der Waals surface area contributed by atoms with Gasteiger partial charge in [0.25, 0.3) is 5.91 Å². The molecule has 6 heteroatoms. The second-order valence-electron chi connectivity index (χ2n) is 7.98. The summed E-state index contributed by atoms with van der Waals surface area (Å²) in [7, 11) is 0. The van der Waals surface area contributed by atoms with Gasteiger partial charge in [0.05, 0.1) is 31.7 Å². The Morgan fingerprint density at radius 3 is 2.96 bits per heavy atom. The smallest absolute Gasteiger partial charge is 0.251 e. The van der Waals surface area contributed by atoms with Crippen molar-refractivity contribution in [1.29, 1.82) is 0 Å². The third kappa shape index (κ3) is 2.98. The molecule has 1 aliphatic carbocycles. The highest BCUT2D eigenvalue weighted by Gasteiger charge is 2.59. The van der Waals surface area contributed by atoms with E-state index < -0.39 is 0 Å². The summed E-state index contributed by atoms with van der Waals surface area (Å²) in [5, 5.41) is 3.14. The van der Waals surface area contributed by atoms with Gasteiger partial charge in [-0.3, -0.25) is 14.6 Å².